The largest absolute Gasteiger partial charge is 0.366 e. The zero-order valence-electron chi connectivity index (χ0n) is 16.5. The number of hydrogen-bond acceptors (Lipinski definition) is 3. The molecule has 1 aromatic carbocycles. The molecule has 3 aromatic rings. The molecule has 1 aliphatic heterocycles. The maximum atomic E-state index is 14.0. The fourth-order valence-corrected chi connectivity index (χ4v) is 3.61. The molecule has 1 aliphatic rings. The number of nitrogens with zero attached hydrogens (tertiary/aromatic N) is 5. The number of anilines is 1. The van der Waals surface area contributed by atoms with Crippen molar-refractivity contribution in [3.8, 4) is 0 Å². The van der Waals surface area contributed by atoms with Crippen molar-refractivity contribution in [2.45, 2.75) is 6.42 Å². The molecular formula is C21H26FIN6. The number of para-hydroxylation sites is 1. The third-order valence-electron chi connectivity index (χ3n) is 5.06. The van der Waals surface area contributed by atoms with Gasteiger partial charge >= 0.3 is 0 Å². The number of pyridine rings is 1. The highest BCUT2D eigenvalue weighted by molar-refractivity contribution is 14.0. The van der Waals surface area contributed by atoms with E-state index in [2.05, 4.69) is 31.3 Å². The number of aliphatic imine (C=N–C) groups is 1. The number of imidazole rings is 1. The lowest BCUT2D eigenvalue weighted by atomic mass is 10.2. The number of aromatic nitrogens is 2. The number of fused-ring (bicyclic) bond motifs is 1. The van der Waals surface area contributed by atoms with Gasteiger partial charge in [0.25, 0.3) is 0 Å². The number of halogens is 2. The van der Waals surface area contributed by atoms with E-state index in [4.69, 9.17) is 0 Å². The minimum absolute atomic E-state index is 0. The standard InChI is InChI=1S/C21H25FN6.HI/c1-23-21(24-10-9-17-16-28-11-5-4-8-20(28)25-17)27-14-12-26(13-15-27)19-7-3-2-6-18(19)22;/h2-8,11,16H,9-10,12-15H2,1H3,(H,23,24);1H. The molecule has 0 aliphatic carbocycles. The first-order valence-corrected chi connectivity index (χ1v) is 9.62. The summed E-state index contributed by atoms with van der Waals surface area (Å²) in [4.78, 5) is 13.4. The maximum absolute atomic E-state index is 14.0. The molecule has 1 saturated heterocycles. The fourth-order valence-electron chi connectivity index (χ4n) is 3.61. The summed E-state index contributed by atoms with van der Waals surface area (Å²) < 4.78 is 16.0. The quantitative estimate of drug-likeness (QED) is 0.335. The van der Waals surface area contributed by atoms with Crippen molar-refractivity contribution in [1.29, 1.82) is 0 Å². The Kier molecular flexibility index (Phi) is 7.29. The number of piperazine rings is 1. The van der Waals surface area contributed by atoms with Crippen LogP contribution < -0.4 is 10.2 Å². The summed E-state index contributed by atoms with van der Waals surface area (Å²) in [6, 6.07) is 13.0. The van der Waals surface area contributed by atoms with Crippen LogP contribution in [0.2, 0.25) is 0 Å². The van der Waals surface area contributed by atoms with E-state index in [0.717, 1.165) is 56.4 Å². The second kappa shape index (κ2) is 9.91. The van der Waals surface area contributed by atoms with Crippen LogP contribution in [-0.2, 0) is 6.42 Å². The molecule has 1 fully saturated rings. The van der Waals surface area contributed by atoms with Crippen LogP contribution >= 0.6 is 24.0 Å². The van der Waals surface area contributed by atoms with Gasteiger partial charge in [-0.15, -0.1) is 24.0 Å². The van der Waals surface area contributed by atoms with Crippen LogP contribution in [0.25, 0.3) is 5.65 Å². The van der Waals surface area contributed by atoms with Crippen molar-refractivity contribution < 1.29 is 4.39 Å². The molecule has 8 heteroatoms. The molecule has 3 heterocycles. The van der Waals surface area contributed by atoms with Gasteiger partial charge in [-0.3, -0.25) is 4.99 Å². The van der Waals surface area contributed by atoms with Crippen LogP contribution in [0.1, 0.15) is 5.69 Å². The van der Waals surface area contributed by atoms with Gasteiger partial charge in [-0.25, -0.2) is 9.37 Å². The van der Waals surface area contributed by atoms with Gasteiger partial charge in [-0.05, 0) is 24.3 Å². The van der Waals surface area contributed by atoms with Crippen LogP contribution in [0.4, 0.5) is 10.1 Å². The first-order chi connectivity index (χ1) is 13.7. The van der Waals surface area contributed by atoms with Gasteiger partial charge in [-0.1, -0.05) is 18.2 Å². The molecule has 0 unspecified atom stereocenters. The van der Waals surface area contributed by atoms with E-state index in [-0.39, 0.29) is 29.8 Å². The van der Waals surface area contributed by atoms with Crippen molar-refractivity contribution in [2.24, 2.45) is 4.99 Å². The average molecular weight is 508 g/mol. The molecule has 6 nitrogen and oxygen atoms in total. The highest BCUT2D eigenvalue weighted by Gasteiger charge is 2.21. The van der Waals surface area contributed by atoms with Gasteiger partial charge in [0.2, 0.25) is 0 Å². The molecule has 2 aromatic heterocycles. The zero-order chi connectivity index (χ0) is 19.3. The third-order valence-corrected chi connectivity index (χ3v) is 5.06. The third kappa shape index (κ3) is 4.98. The van der Waals surface area contributed by atoms with Crippen molar-refractivity contribution in [3.63, 3.8) is 0 Å². The van der Waals surface area contributed by atoms with Crippen LogP contribution in [0.15, 0.2) is 59.9 Å². The van der Waals surface area contributed by atoms with Gasteiger partial charge in [0, 0.05) is 58.6 Å². The van der Waals surface area contributed by atoms with Gasteiger partial charge < -0.3 is 19.5 Å². The SMILES string of the molecule is CN=C(NCCc1cn2ccccc2n1)N1CCN(c2ccccc2F)CC1.I. The lowest BCUT2D eigenvalue weighted by molar-refractivity contribution is 0.371. The first-order valence-electron chi connectivity index (χ1n) is 9.62. The minimum Gasteiger partial charge on any atom is -0.366 e. The van der Waals surface area contributed by atoms with E-state index in [1.165, 1.54) is 6.07 Å². The summed E-state index contributed by atoms with van der Waals surface area (Å²) in [6.07, 6.45) is 4.90. The second-order valence-corrected chi connectivity index (χ2v) is 6.85. The lowest BCUT2D eigenvalue weighted by Gasteiger charge is -2.37. The monoisotopic (exact) mass is 508 g/mol. The molecule has 0 saturated carbocycles. The Morgan fingerprint density at radius 3 is 2.59 bits per heavy atom. The number of hydrogen-bond donors (Lipinski definition) is 1. The van der Waals surface area contributed by atoms with Gasteiger partial charge in [0.05, 0.1) is 11.4 Å². The van der Waals surface area contributed by atoms with Crippen LogP contribution in [0.3, 0.4) is 0 Å². The predicted octanol–water partition coefficient (Wildman–Crippen LogP) is 3.03. The highest BCUT2D eigenvalue weighted by atomic mass is 127. The Balaban J connectivity index is 0.00000240. The zero-order valence-corrected chi connectivity index (χ0v) is 18.8. The molecule has 0 bridgehead atoms. The van der Waals surface area contributed by atoms with E-state index < -0.39 is 0 Å². The summed E-state index contributed by atoms with van der Waals surface area (Å²) in [6.45, 7) is 3.93. The van der Waals surface area contributed by atoms with E-state index in [1.54, 1.807) is 13.1 Å². The normalized spacial score (nSPS) is 14.8. The molecule has 154 valence electrons. The molecular weight excluding hydrogens is 482 g/mol. The number of guanidine groups is 1. The summed E-state index contributed by atoms with van der Waals surface area (Å²) in [5.41, 5.74) is 2.70. The molecule has 1 N–H and O–H groups in total. The van der Waals surface area contributed by atoms with Crippen LogP contribution in [0.5, 0.6) is 0 Å². The van der Waals surface area contributed by atoms with Crippen LogP contribution in [0, 0.1) is 5.82 Å². The Morgan fingerprint density at radius 2 is 1.86 bits per heavy atom. The Morgan fingerprint density at radius 1 is 1.10 bits per heavy atom. The van der Waals surface area contributed by atoms with E-state index in [9.17, 15) is 4.39 Å². The van der Waals surface area contributed by atoms with Crippen molar-refractivity contribution >= 4 is 41.3 Å². The number of nitrogens with one attached hydrogen (secondary N) is 1. The highest BCUT2D eigenvalue weighted by Crippen LogP contribution is 2.20. The lowest BCUT2D eigenvalue weighted by Crippen LogP contribution is -2.53. The number of benzene rings is 1. The first kappa shape index (κ1) is 21.4. The Bertz CT molecular complexity index is 931. The predicted molar refractivity (Wildman–Crippen MR) is 126 cm³/mol. The topological polar surface area (TPSA) is 48.2 Å². The molecule has 29 heavy (non-hydrogen) atoms. The van der Waals surface area contributed by atoms with Crippen LogP contribution in [-0.4, -0.2) is 60.0 Å². The summed E-state index contributed by atoms with van der Waals surface area (Å²) >= 11 is 0. The summed E-state index contributed by atoms with van der Waals surface area (Å²) in [5.74, 6) is 0.725. The summed E-state index contributed by atoms with van der Waals surface area (Å²) in [7, 11) is 1.80. The smallest absolute Gasteiger partial charge is 0.193 e. The van der Waals surface area contributed by atoms with Gasteiger partial charge in [0.15, 0.2) is 5.96 Å². The van der Waals surface area contributed by atoms with Crippen molar-refractivity contribution in [3.05, 3.63) is 66.4 Å². The summed E-state index contributed by atoms with van der Waals surface area (Å²) in [5, 5.41) is 3.43. The van der Waals surface area contributed by atoms with Crippen molar-refractivity contribution in [1.82, 2.24) is 19.6 Å². The number of rotatable bonds is 4. The molecule has 4 rings (SSSR count). The fraction of sp³-hybridized carbons (Fsp3) is 0.333. The molecule has 0 radical (unpaired) electrons. The Hall–Kier alpha value is -2.36. The molecule has 0 atom stereocenters. The Labute approximate surface area is 187 Å². The van der Waals surface area contributed by atoms with E-state index in [1.807, 2.05) is 40.9 Å². The van der Waals surface area contributed by atoms with E-state index in [0.29, 0.717) is 5.69 Å². The molecule has 0 spiro atoms. The van der Waals surface area contributed by atoms with Gasteiger partial charge in [-0.2, -0.15) is 0 Å². The molecule has 0 amide bonds. The van der Waals surface area contributed by atoms with E-state index >= 15 is 0 Å². The average Bonchev–Trinajstić information content (AvgIpc) is 3.15. The minimum atomic E-state index is -0.161. The maximum Gasteiger partial charge on any atom is 0.193 e. The second-order valence-electron chi connectivity index (χ2n) is 6.85. The van der Waals surface area contributed by atoms with Crippen molar-refractivity contribution in [2.75, 3.05) is 44.7 Å². The van der Waals surface area contributed by atoms with Gasteiger partial charge in [0.1, 0.15) is 11.5 Å².